The molecule has 1 unspecified atom stereocenters. The average Bonchev–Trinajstić information content (AvgIpc) is 2.98. The second kappa shape index (κ2) is 14.0. The minimum absolute atomic E-state index is 0.118. The predicted molar refractivity (Wildman–Crippen MR) is 156 cm³/mol. The zero-order valence-electron chi connectivity index (χ0n) is 21.7. The summed E-state index contributed by atoms with van der Waals surface area (Å²) in [5, 5.41) is 7.28. The number of methoxy groups -OCH3 is 1. The van der Waals surface area contributed by atoms with Crippen LogP contribution in [0.4, 0.5) is 11.4 Å². The Balaban J connectivity index is 1.34. The molecule has 0 aliphatic heterocycles. The fourth-order valence-corrected chi connectivity index (χ4v) is 4.22. The molecule has 1 atom stereocenters. The van der Waals surface area contributed by atoms with E-state index in [-0.39, 0.29) is 5.78 Å². The first-order chi connectivity index (χ1) is 19.0. The normalized spacial score (nSPS) is 11.3. The molecular weight excluding hydrogens is 512 g/mol. The van der Waals surface area contributed by atoms with Crippen molar-refractivity contribution in [2.24, 2.45) is 0 Å². The second-order valence-electron chi connectivity index (χ2n) is 8.94. The van der Waals surface area contributed by atoms with E-state index in [1.54, 1.807) is 30.3 Å². The van der Waals surface area contributed by atoms with Gasteiger partial charge in [0.15, 0.2) is 5.78 Å². The molecule has 0 aromatic heterocycles. The maximum Gasteiger partial charge on any atom is 0.328 e. The van der Waals surface area contributed by atoms with Crippen molar-refractivity contribution in [2.75, 3.05) is 30.9 Å². The molecule has 0 amide bonds. The summed E-state index contributed by atoms with van der Waals surface area (Å²) in [6.45, 7) is 1.35. The van der Waals surface area contributed by atoms with Gasteiger partial charge in [0.1, 0.15) is 11.8 Å². The lowest BCUT2D eigenvalue weighted by Gasteiger charge is -2.20. The van der Waals surface area contributed by atoms with Gasteiger partial charge in [-0.2, -0.15) is 0 Å². The number of nitrogens with one attached hydrogen (secondary N) is 2. The third-order valence-corrected chi connectivity index (χ3v) is 6.40. The standard InChI is InChI=1S/C32H31ClN2O4/c1-38-32(37)30(35-29-11-6-5-10-28(29)31(36)24-8-3-2-4-9-24)22-23-12-18-27(19-13-23)39-21-7-20-34-26-16-14-25(33)15-17-26/h2-6,8-19,30,34-35H,7,20-22H2,1H3. The summed E-state index contributed by atoms with van der Waals surface area (Å²) in [7, 11) is 1.36. The van der Waals surface area contributed by atoms with E-state index in [0.29, 0.717) is 34.9 Å². The van der Waals surface area contributed by atoms with E-state index in [0.717, 1.165) is 30.0 Å². The van der Waals surface area contributed by atoms with Crippen LogP contribution in [0.1, 0.15) is 27.9 Å². The van der Waals surface area contributed by atoms with Gasteiger partial charge in [-0.1, -0.05) is 66.2 Å². The highest BCUT2D eigenvalue weighted by Crippen LogP contribution is 2.22. The van der Waals surface area contributed by atoms with Crippen LogP contribution in [-0.4, -0.2) is 38.1 Å². The molecule has 0 aliphatic carbocycles. The molecular formula is C32H31ClN2O4. The number of carbonyl (C=O) groups excluding carboxylic acids is 2. The molecule has 6 nitrogen and oxygen atoms in total. The molecule has 0 saturated heterocycles. The van der Waals surface area contributed by atoms with E-state index in [2.05, 4.69) is 10.6 Å². The molecule has 0 saturated carbocycles. The Bertz CT molecular complexity index is 1360. The Morgan fingerprint density at radius 1 is 0.846 bits per heavy atom. The van der Waals surface area contributed by atoms with E-state index < -0.39 is 12.0 Å². The first-order valence-corrected chi connectivity index (χ1v) is 13.2. The molecule has 0 aliphatic rings. The summed E-state index contributed by atoms with van der Waals surface area (Å²) in [5.74, 6) is 0.226. The minimum atomic E-state index is -0.676. The van der Waals surface area contributed by atoms with Crippen LogP contribution in [0, 0.1) is 0 Å². The molecule has 7 heteroatoms. The van der Waals surface area contributed by atoms with Gasteiger partial charge in [-0.3, -0.25) is 4.79 Å². The zero-order chi connectivity index (χ0) is 27.5. The first kappa shape index (κ1) is 27.7. The Kier molecular flexibility index (Phi) is 9.98. The number of rotatable bonds is 13. The number of esters is 1. The van der Waals surface area contributed by atoms with Gasteiger partial charge in [0.05, 0.1) is 13.7 Å². The highest BCUT2D eigenvalue weighted by molar-refractivity contribution is 6.30. The second-order valence-corrected chi connectivity index (χ2v) is 9.38. The van der Waals surface area contributed by atoms with Crippen LogP contribution in [0.2, 0.25) is 5.02 Å². The Morgan fingerprint density at radius 3 is 2.26 bits per heavy atom. The van der Waals surface area contributed by atoms with Gasteiger partial charge in [-0.25, -0.2) is 4.79 Å². The van der Waals surface area contributed by atoms with Gasteiger partial charge in [0.2, 0.25) is 0 Å². The summed E-state index contributed by atoms with van der Waals surface area (Å²) in [6, 6.07) is 30.8. The van der Waals surface area contributed by atoms with Crippen LogP contribution < -0.4 is 15.4 Å². The van der Waals surface area contributed by atoms with Crippen LogP contribution in [0.5, 0.6) is 5.75 Å². The molecule has 4 aromatic carbocycles. The summed E-state index contributed by atoms with van der Waals surface area (Å²) in [6.07, 6.45) is 1.21. The van der Waals surface area contributed by atoms with Gasteiger partial charge in [-0.15, -0.1) is 0 Å². The maximum atomic E-state index is 13.1. The average molecular weight is 543 g/mol. The molecule has 0 spiro atoms. The number of benzene rings is 4. The lowest BCUT2D eigenvalue weighted by molar-refractivity contribution is -0.141. The maximum absolute atomic E-state index is 13.1. The Morgan fingerprint density at radius 2 is 1.54 bits per heavy atom. The number of para-hydroxylation sites is 1. The third-order valence-electron chi connectivity index (χ3n) is 6.15. The molecule has 4 rings (SSSR count). The fraction of sp³-hybridized carbons (Fsp3) is 0.188. The van der Waals surface area contributed by atoms with Crippen LogP contribution >= 0.6 is 11.6 Å². The summed E-state index contributed by atoms with van der Waals surface area (Å²) in [4.78, 5) is 25.8. The van der Waals surface area contributed by atoms with Crippen molar-refractivity contribution in [1.82, 2.24) is 0 Å². The van der Waals surface area contributed by atoms with Crippen LogP contribution in [0.15, 0.2) is 103 Å². The van der Waals surface area contributed by atoms with Gasteiger partial charge >= 0.3 is 5.97 Å². The fourth-order valence-electron chi connectivity index (χ4n) is 4.10. The monoisotopic (exact) mass is 542 g/mol. The van der Waals surface area contributed by atoms with Gasteiger partial charge < -0.3 is 20.1 Å². The molecule has 39 heavy (non-hydrogen) atoms. The predicted octanol–water partition coefficient (Wildman–Crippen LogP) is 6.65. The highest BCUT2D eigenvalue weighted by atomic mass is 35.5. The third kappa shape index (κ3) is 8.09. The quantitative estimate of drug-likeness (QED) is 0.112. The number of carbonyl (C=O) groups is 2. The van der Waals surface area contributed by atoms with E-state index in [1.165, 1.54) is 7.11 Å². The van der Waals surface area contributed by atoms with Crippen LogP contribution in [0.25, 0.3) is 0 Å². The summed E-state index contributed by atoms with van der Waals surface area (Å²) < 4.78 is 10.9. The smallest absolute Gasteiger partial charge is 0.328 e. The van der Waals surface area contributed by atoms with Crippen molar-refractivity contribution in [3.63, 3.8) is 0 Å². The van der Waals surface area contributed by atoms with Gasteiger partial charge in [0.25, 0.3) is 0 Å². The minimum Gasteiger partial charge on any atom is -0.494 e. The van der Waals surface area contributed by atoms with Crippen molar-refractivity contribution in [3.05, 3.63) is 125 Å². The van der Waals surface area contributed by atoms with E-state index in [1.807, 2.05) is 72.8 Å². The lowest BCUT2D eigenvalue weighted by atomic mass is 10.00. The van der Waals surface area contributed by atoms with E-state index in [4.69, 9.17) is 21.1 Å². The topological polar surface area (TPSA) is 76.7 Å². The number of halogens is 1. The molecule has 0 heterocycles. The Hall–Kier alpha value is -4.29. The number of anilines is 2. The molecule has 0 bridgehead atoms. The highest BCUT2D eigenvalue weighted by Gasteiger charge is 2.22. The lowest BCUT2D eigenvalue weighted by Crippen LogP contribution is -2.33. The van der Waals surface area contributed by atoms with Crippen molar-refractivity contribution in [2.45, 2.75) is 18.9 Å². The molecule has 0 fully saturated rings. The number of hydrogen-bond donors (Lipinski definition) is 2. The van der Waals surface area contributed by atoms with Crippen molar-refractivity contribution < 1.29 is 19.1 Å². The molecule has 0 radical (unpaired) electrons. The largest absolute Gasteiger partial charge is 0.494 e. The van der Waals surface area contributed by atoms with E-state index in [9.17, 15) is 9.59 Å². The van der Waals surface area contributed by atoms with E-state index >= 15 is 0 Å². The van der Waals surface area contributed by atoms with Crippen molar-refractivity contribution >= 4 is 34.7 Å². The van der Waals surface area contributed by atoms with Crippen LogP contribution in [0.3, 0.4) is 0 Å². The summed E-state index contributed by atoms with van der Waals surface area (Å²) >= 11 is 5.91. The van der Waals surface area contributed by atoms with Crippen molar-refractivity contribution in [3.8, 4) is 5.75 Å². The Labute approximate surface area is 233 Å². The van der Waals surface area contributed by atoms with Crippen LogP contribution in [-0.2, 0) is 16.0 Å². The molecule has 4 aromatic rings. The van der Waals surface area contributed by atoms with Crippen molar-refractivity contribution in [1.29, 1.82) is 0 Å². The SMILES string of the molecule is COC(=O)C(Cc1ccc(OCCCNc2ccc(Cl)cc2)cc1)Nc1ccccc1C(=O)c1ccccc1. The number of ketones is 1. The molecule has 2 N–H and O–H groups in total. The molecule has 200 valence electrons. The zero-order valence-corrected chi connectivity index (χ0v) is 22.5. The number of hydrogen-bond acceptors (Lipinski definition) is 6. The summed E-state index contributed by atoms with van der Waals surface area (Å²) in [5.41, 5.74) is 3.60. The number of ether oxygens (including phenoxy) is 2. The van der Waals surface area contributed by atoms with Gasteiger partial charge in [-0.05, 0) is 60.5 Å². The first-order valence-electron chi connectivity index (χ1n) is 12.8. The van der Waals surface area contributed by atoms with Gasteiger partial charge in [0, 0.05) is 40.5 Å².